The van der Waals surface area contributed by atoms with Gasteiger partial charge in [0.1, 0.15) is 6.04 Å². The lowest BCUT2D eigenvalue weighted by atomic mass is 10.1. The van der Waals surface area contributed by atoms with Gasteiger partial charge in [-0.3, -0.25) is 9.69 Å². The average molecular weight is 349 g/mol. The maximum Gasteiger partial charge on any atom is 0.325 e. The minimum Gasteiger partial charge on any atom is -0.325 e. The second-order valence-electron chi connectivity index (χ2n) is 5.32. The van der Waals surface area contributed by atoms with Crippen molar-refractivity contribution in [3.05, 3.63) is 69.7 Å². The molecule has 1 saturated heterocycles. The van der Waals surface area contributed by atoms with Gasteiger partial charge in [-0.15, -0.1) is 0 Å². The molecule has 1 atom stereocenters. The molecule has 0 spiro atoms. The smallest absolute Gasteiger partial charge is 0.325 e. The predicted molar refractivity (Wildman–Crippen MR) is 89.5 cm³/mol. The Hall–Kier alpha value is -2.04. The highest BCUT2D eigenvalue weighted by atomic mass is 35.5. The van der Waals surface area contributed by atoms with Gasteiger partial charge in [0.15, 0.2) is 0 Å². The zero-order chi connectivity index (χ0) is 16.4. The van der Waals surface area contributed by atoms with Crippen LogP contribution in [0.15, 0.2) is 48.5 Å². The molecule has 3 rings (SSSR count). The van der Waals surface area contributed by atoms with Crippen LogP contribution in [-0.2, 0) is 17.8 Å². The second-order valence-corrected chi connectivity index (χ2v) is 6.13. The summed E-state index contributed by atoms with van der Waals surface area (Å²) in [4.78, 5) is 25.8. The Bertz CT molecular complexity index is 729. The van der Waals surface area contributed by atoms with Crippen molar-refractivity contribution < 1.29 is 9.59 Å². The lowest BCUT2D eigenvalue weighted by Crippen LogP contribution is -2.32. The fraction of sp³-hybridized carbons (Fsp3) is 0.176. The van der Waals surface area contributed by atoms with Crippen LogP contribution in [0.1, 0.15) is 11.1 Å². The first kappa shape index (κ1) is 15.8. The minimum absolute atomic E-state index is 0.0640. The molecule has 23 heavy (non-hydrogen) atoms. The molecular formula is C17H14Cl2N2O2. The number of amides is 3. The number of rotatable bonds is 4. The number of nitrogens with one attached hydrogen (secondary N) is 1. The van der Waals surface area contributed by atoms with Crippen LogP contribution in [0, 0.1) is 0 Å². The molecule has 1 heterocycles. The minimum atomic E-state index is -0.564. The number of hydrogen-bond donors (Lipinski definition) is 1. The molecule has 0 unspecified atom stereocenters. The van der Waals surface area contributed by atoms with Gasteiger partial charge in [0.25, 0.3) is 5.91 Å². The molecule has 1 fully saturated rings. The monoisotopic (exact) mass is 348 g/mol. The third-order valence-electron chi connectivity index (χ3n) is 3.77. The quantitative estimate of drug-likeness (QED) is 0.857. The van der Waals surface area contributed by atoms with Gasteiger partial charge in [0.2, 0.25) is 0 Å². The maximum absolute atomic E-state index is 12.5. The summed E-state index contributed by atoms with van der Waals surface area (Å²) in [6, 6.07) is 13.7. The summed E-state index contributed by atoms with van der Waals surface area (Å²) in [5, 5.41) is 3.58. The van der Waals surface area contributed by atoms with Gasteiger partial charge in [0, 0.05) is 22.0 Å². The van der Waals surface area contributed by atoms with Crippen molar-refractivity contribution in [2.24, 2.45) is 0 Å². The summed E-state index contributed by atoms with van der Waals surface area (Å²) >= 11 is 12.2. The van der Waals surface area contributed by atoms with E-state index in [0.29, 0.717) is 22.0 Å². The van der Waals surface area contributed by atoms with E-state index in [-0.39, 0.29) is 12.5 Å². The third-order valence-corrected chi connectivity index (χ3v) is 4.48. The van der Waals surface area contributed by atoms with Gasteiger partial charge < -0.3 is 5.32 Å². The van der Waals surface area contributed by atoms with Crippen LogP contribution in [0.25, 0.3) is 0 Å². The summed E-state index contributed by atoms with van der Waals surface area (Å²) in [6.07, 6.45) is 0.457. The second kappa shape index (κ2) is 6.60. The van der Waals surface area contributed by atoms with Crippen LogP contribution >= 0.6 is 23.2 Å². The summed E-state index contributed by atoms with van der Waals surface area (Å²) in [5.74, 6) is -0.269. The van der Waals surface area contributed by atoms with E-state index in [0.717, 1.165) is 10.5 Å². The van der Waals surface area contributed by atoms with Gasteiger partial charge in [-0.2, -0.15) is 0 Å². The lowest BCUT2D eigenvalue weighted by Gasteiger charge is -2.15. The van der Waals surface area contributed by atoms with Crippen LogP contribution in [0.5, 0.6) is 0 Å². The van der Waals surface area contributed by atoms with Crippen LogP contribution in [-0.4, -0.2) is 22.9 Å². The summed E-state index contributed by atoms with van der Waals surface area (Å²) in [5.41, 5.74) is 1.56. The van der Waals surface area contributed by atoms with Crippen LogP contribution in [0.2, 0.25) is 10.0 Å². The number of carbonyl (C=O) groups is 2. The molecular weight excluding hydrogens is 335 g/mol. The van der Waals surface area contributed by atoms with Crippen molar-refractivity contribution in [1.82, 2.24) is 10.2 Å². The van der Waals surface area contributed by atoms with Gasteiger partial charge in [-0.1, -0.05) is 59.6 Å². The molecule has 3 amide bonds. The Kier molecular flexibility index (Phi) is 4.55. The first-order valence-corrected chi connectivity index (χ1v) is 7.90. The first-order chi connectivity index (χ1) is 11.1. The Labute approximate surface area is 144 Å². The molecule has 0 bridgehead atoms. The fourth-order valence-electron chi connectivity index (χ4n) is 2.56. The van der Waals surface area contributed by atoms with E-state index in [9.17, 15) is 9.59 Å². The number of halogens is 2. The molecule has 118 valence electrons. The van der Waals surface area contributed by atoms with Crippen molar-refractivity contribution in [1.29, 1.82) is 0 Å². The van der Waals surface area contributed by atoms with E-state index >= 15 is 0 Å². The molecule has 2 aromatic carbocycles. The lowest BCUT2D eigenvalue weighted by molar-refractivity contribution is -0.127. The van der Waals surface area contributed by atoms with E-state index in [4.69, 9.17) is 23.2 Å². The number of imide groups is 1. The Morgan fingerprint density at radius 3 is 2.26 bits per heavy atom. The number of urea groups is 1. The van der Waals surface area contributed by atoms with Gasteiger partial charge >= 0.3 is 6.03 Å². The average Bonchev–Trinajstić information content (AvgIpc) is 2.79. The number of hydrogen-bond acceptors (Lipinski definition) is 2. The van der Waals surface area contributed by atoms with Gasteiger partial charge in [0.05, 0.1) is 6.54 Å². The van der Waals surface area contributed by atoms with Crippen molar-refractivity contribution in [3.63, 3.8) is 0 Å². The molecule has 0 saturated carbocycles. The van der Waals surface area contributed by atoms with Crippen molar-refractivity contribution in [2.75, 3.05) is 0 Å². The highest BCUT2D eigenvalue weighted by Crippen LogP contribution is 2.27. The normalized spacial score (nSPS) is 17.5. The number of nitrogens with zero attached hydrogens (tertiary/aromatic N) is 1. The van der Waals surface area contributed by atoms with Gasteiger partial charge in [-0.25, -0.2) is 4.79 Å². The molecule has 2 aromatic rings. The standard InChI is InChI=1S/C17H14Cl2N2O2/c18-13-7-4-8-14(19)12(13)10-21-16(22)15(20-17(21)23)9-11-5-2-1-3-6-11/h1-8,15H,9-10H2,(H,20,23)/t15-/m0/s1. The third kappa shape index (κ3) is 3.33. The topological polar surface area (TPSA) is 49.4 Å². The summed E-state index contributed by atoms with van der Waals surface area (Å²) in [6.45, 7) is 0.0640. The number of benzene rings is 2. The zero-order valence-corrected chi connectivity index (χ0v) is 13.6. The van der Waals surface area contributed by atoms with Crippen LogP contribution in [0.3, 0.4) is 0 Å². The molecule has 1 aliphatic rings. The highest BCUT2D eigenvalue weighted by molar-refractivity contribution is 6.36. The molecule has 4 nitrogen and oxygen atoms in total. The van der Waals surface area contributed by atoms with Crippen molar-refractivity contribution in [2.45, 2.75) is 19.0 Å². The van der Waals surface area contributed by atoms with E-state index in [2.05, 4.69) is 5.32 Å². The number of carbonyl (C=O) groups excluding carboxylic acids is 2. The largest absolute Gasteiger partial charge is 0.325 e. The molecule has 0 aromatic heterocycles. The molecule has 1 aliphatic heterocycles. The predicted octanol–water partition coefficient (Wildman–Crippen LogP) is 3.66. The van der Waals surface area contributed by atoms with Crippen molar-refractivity contribution >= 4 is 35.1 Å². The highest BCUT2D eigenvalue weighted by Gasteiger charge is 2.38. The molecule has 0 radical (unpaired) electrons. The zero-order valence-electron chi connectivity index (χ0n) is 12.1. The molecule has 1 N–H and O–H groups in total. The first-order valence-electron chi connectivity index (χ1n) is 7.15. The van der Waals surface area contributed by atoms with Gasteiger partial charge in [-0.05, 0) is 17.7 Å². The van der Waals surface area contributed by atoms with Crippen LogP contribution in [0.4, 0.5) is 4.79 Å². The Morgan fingerprint density at radius 1 is 0.957 bits per heavy atom. The van der Waals surface area contributed by atoms with Crippen LogP contribution < -0.4 is 5.32 Å². The summed E-state index contributed by atoms with van der Waals surface area (Å²) in [7, 11) is 0. The molecule has 6 heteroatoms. The van der Waals surface area contributed by atoms with E-state index in [1.54, 1.807) is 18.2 Å². The summed E-state index contributed by atoms with van der Waals surface area (Å²) < 4.78 is 0. The Balaban J connectivity index is 1.77. The van der Waals surface area contributed by atoms with Crippen molar-refractivity contribution in [3.8, 4) is 0 Å². The van der Waals surface area contributed by atoms with E-state index < -0.39 is 12.1 Å². The Morgan fingerprint density at radius 2 is 1.61 bits per heavy atom. The van der Waals surface area contributed by atoms with E-state index in [1.165, 1.54) is 0 Å². The van der Waals surface area contributed by atoms with E-state index in [1.807, 2.05) is 30.3 Å². The molecule has 0 aliphatic carbocycles. The SMILES string of the molecule is O=C1N[C@@H](Cc2ccccc2)C(=O)N1Cc1c(Cl)cccc1Cl. The fourth-order valence-corrected chi connectivity index (χ4v) is 3.07. The maximum atomic E-state index is 12.5.